The van der Waals surface area contributed by atoms with E-state index in [1.165, 1.54) is 38.7 Å². The molecule has 0 radical (unpaired) electrons. The van der Waals surface area contributed by atoms with Crippen molar-refractivity contribution in [2.24, 2.45) is 0 Å². The average molecular weight is 540 g/mol. The van der Waals surface area contributed by atoms with Crippen LogP contribution in [0.5, 0.6) is 34.5 Å². The summed E-state index contributed by atoms with van der Waals surface area (Å²) < 4.78 is 21.4. The van der Waals surface area contributed by atoms with Crippen LogP contribution in [-0.2, 0) is 0 Å². The second kappa shape index (κ2) is 13.0. The Balaban J connectivity index is 0.000000206. The van der Waals surface area contributed by atoms with Gasteiger partial charge < -0.3 is 24.1 Å². The molecule has 11 heteroatoms. The zero-order chi connectivity index (χ0) is 26.8. The largest absolute Gasteiger partial charge is 0.493 e. The molecule has 1 N–H and O–H groups in total. The predicted molar refractivity (Wildman–Crippen MR) is 136 cm³/mol. The fourth-order valence-corrected chi connectivity index (χ4v) is 3.01. The molecule has 0 bridgehead atoms. The normalized spacial score (nSPS) is 9.81. The van der Waals surface area contributed by atoms with Crippen LogP contribution >= 0.6 is 23.2 Å². The molecule has 9 nitrogen and oxygen atoms in total. The Morgan fingerprint density at radius 2 is 1.24 bits per heavy atom. The number of hydrogen-bond donors (Lipinski definition) is 1. The van der Waals surface area contributed by atoms with Gasteiger partial charge in [-0.15, -0.1) is 0 Å². The van der Waals surface area contributed by atoms with Crippen molar-refractivity contribution >= 4 is 29.2 Å². The third-order valence-electron chi connectivity index (χ3n) is 4.52. The molecule has 0 aliphatic rings. The zero-order valence-corrected chi connectivity index (χ0v) is 21.0. The number of aromatic nitrogens is 2. The highest BCUT2D eigenvalue weighted by atomic mass is 35.5. The number of carboxylic acids is 1. The van der Waals surface area contributed by atoms with E-state index in [-0.39, 0.29) is 11.4 Å². The van der Waals surface area contributed by atoms with Gasteiger partial charge in [0.2, 0.25) is 0 Å². The van der Waals surface area contributed by atoms with E-state index in [0.29, 0.717) is 44.5 Å². The first-order valence-electron chi connectivity index (χ1n) is 10.4. The number of carboxylic acid groups (broad SMARTS) is 1. The third-order valence-corrected chi connectivity index (χ3v) is 5.02. The fraction of sp³-hybridized carbons (Fsp3) is 0.0769. The molecule has 2 aromatic carbocycles. The molecule has 0 amide bonds. The second-order valence-electron chi connectivity index (χ2n) is 6.97. The van der Waals surface area contributed by atoms with Crippen LogP contribution < -0.4 is 18.9 Å². The lowest BCUT2D eigenvalue weighted by Crippen LogP contribution is -2.01. The van der Waals surface area contributed by atoms with Crippen molar-refractivity contribution in [2.45, 2.75) is 0 Å². The van der Waals surface area contributed by atoms with Gasteiger partial charge in [-0.3, -0.25) is 0 Å². The van der Waals surface area contributed by atoms with Gasteiger partial charge in [-0.25, -0.2) is 14.8 Å². The molecule has 0 aliphatic carbocycles. The van der Waals surface area contributed by atoms with Crippen molar-refractivity contribution in [3.8, 4) is 40.6 Å². The van der Waals surface area contributed by atoms with Gasteiger partial charge in [0.1, 0.15) is 23.3 Å². The highest BCUT2D eigenvalue weighted by Gasteiger charge is 2.12. The van der Waals surface area contributed by atoms with E-state index >= 15 is 0 Å². The smallest absolute Gasteiger partial charge is 0.354 e. The number of pyridine rings is 2. The number of hydrogen-bond acceptors (Lipinski definition) is 8. The van der Waals surface area contributed by atoms with E-state index < -0.39 is 5.97 Å². The number of benzene rings is 2. The average Bonchev–Trinajstić information content (AvgIpc) is 2.92. The van der Waals surface area contributed by atoms with Crippen molar-refractivity contribution in [2.75, 3.05) is 14.2 Å². The second-order valence-corrected chi connectivity index (χ2v) is 7.84. The molecule has 0 atom stereocenters. The van der Waals surface area contributed by atoms with E-state index in [9.17, 15) is 4.79 Å². The van der Waals surface area contributed by atoms with Crippen molar-refractivity contribution in [1.29, 1.82) is 5.26 Å². The van der Waals surface area contributed by atoms with Gasteiger partial charge in [0, 0.05) is 22.2 Å². The molecule has 4 aromatic rings. The summed E-state index contributed by atoms with van der Waals surface area (Å²) in [7, 11) is 2.93. The minimum Gasteiger partial charge on any atom is -0.493 e. The van der Waals surface area contributed by atoms with Crippen LogP contribution in [0.3, 0.4) is 0 Å². The van der Waals surface area contributed by atoms with Crippen LogP contribution in [0, 0.1) is 11.3 Å². The summed E-state index contributed by atoms with van der Waals surface area (Å²) in [4.78, 5) is 18.5. The lowest BCUT2D eigenvalue weighted by molar-refractivity contribution is 0.0690. The molecule has 0 fully saturated rings. The number of rotatable bonds is 7. The van der Waals surface area contributed by atoms with Gasteiger partial charge in [-0.2, -0.15) is 5.26 Å². The number of nitrogens with zero attached hydrogens (tertiary/aromatic N) is 3. The Bertz CT molecular complexity index is 1410. The Morgan fingerprint density at radius 1 is 0.784 bits per heavy atom. The monoisotopic (exact) mass is 539 g/mol. The SMILES string of the molecule is COc1cc(C#N)ncc1Oc1ccc(Cl)cc1.COc1cc(C(=O)O)ncc1Oc1ccc(Cl)cc1. The van der Waals surface area contributed by atoms with Crippen molar-refractivity contribution in [3.63, 3.8) is 0 Å². The van der Waals surface area contributed by atoms with Crippen LogP contribution in [0.25, 0.3) is 0 Å². The van der Waals surface area contributed by atoms with E-state index in [1.807, 2.05) is 6.07 Å². The Hall–Kier alpha value is -4.52. The summed E-state index contributed by atoms with van der Waals surface area (Å²) in [5.74, 6) is 1.56. The summed E-state index contributed by atoms with van der Waals surface area (Å²) in [6, 6.07) is 18.4. The maximum atomic E-state index is 10.8. The van der Waals surface area contributed by atoms with Crippen LogP contribution in [0.15, 0.2) is 73.1 Å². The number of methoxy groups -OCH3 is 2. The first-order valence-corrected chi connectivity index (χ1v) is 11.2. The summed E-state index contributed by atoms with van der Waals surface area (Å²) in [5, 5.41) is 18.8. The number of nitriles is 1. The number of aromatic carboxylic acids is 1. The lowest BCUT2D eigenvalue weighted by Gasteiger charge is -2.10. The first-order chi connectivity index (χ1) is 17.8. The molecule has 0 aliphatic heterocycles. The summed E-state index contributed by atoms with van der Waals surface area (Å²) >= 11 is 11.6. The van der Waals surface area contributed by atoms with Gasteiger partial charge in [0.15, 0.2) is 28.7 Å². The summed E-state index contributed by atoms with van der Waals surface area (Å²) in [6.07, 6.45) is 2.75. The van der Waals surface area contributed by atoms with Crippen LogP contribution in [-0.4, -0.2) is 35.3 Å². The van der Waals surface area contributed by atoms with Gasteiger partial charge in [0.05, 0.1) is 26.6 Å². The Morgan fingerprint density at radius 3 is 1.68 bits per heavy atom. The van der Waals surface area contributed by atoms with Crippen molar-refractivity contribution in [1.82, 2.24) is 9.97 Å². The first kappa shape index (κ1) is 27.1. The van der Waals surface area contributed by atoms with Gasteiger partial charge in [-0.05, 0) is 48.5 Å². The molecule has 4 rings (SSSR count). The topological polar surface area (TPSA) is 124 Å². The molecule has 0 unspecified atom stereocenters. The van der Waals surface area contributed by atoms with Gasteiger partial charge in [-0.1, -0.05) is 23.2 Å². The van der Waals surface area contributed by atoms with Crippen molar-refractivity contribution in [3.05, 3.63) is 94.5 Å². The minimum atomic E-state index is -1.13. The number of halogens is 2. The Kier molecular flexibility index (Phi) is 9.49. The molecule has 188 valence electrons. The van der Waals surface area contributed by atoms with Gasteiger partial charge in [0.25, 0.3) is 0 Å². The summed E-state index contributed by atoms with van der Waals surface area (Å²) in [5.41, 5.74) is 0.163. The molecular weight excluding hydrogens is 521 g/mol. The van der Waals surface area contributed by atoms with Crippen LogP contribution in [0.1, 0.15) is 16.2 Å². The van der Waals surface area contributed by atoms with E-state index in [0.717, 1.165) is 0 Å². The van der Waals surface area contributed by atoms with Crippen molar-refractivity contribution < 1.29 is 28.8 Å². The molecule has 0 saturated carbocycles. The Labute approximate surface area is 222 Å². The van der Waals surface area contributed by atoms with E-state index in [1.54, 1.807) is 48.5 Å². The molecule has 37 heavy (non-hydrogen) atoms. The maximum absolute atomic E-state index is 10.8. The van der Waals surface area contributed by atoms with E-state index in [2.05, 4.69) is 9.97 Å². The number of carbonyl (C=O) groups is 1. The molecule has 0 saturated heterocycles. The quantitative estimate of drug-likeness (QED) is 0.275. The fourth-order valence-electron chi connectivity index (χ4n) is 2.76. The summed E-state index contributed by atoms with van der Waals surface area (Å²) in [6.45, 7) is 0. The standard InChI is InChI=1S/C13H9ClN2O2.C13H10ClNO4/c1-17-12-6-10(7-15)16-8-13(12)18-11-4-2-9(14)3-5-11;1-18-11-6-10(13(16)17)15-7-12(11)19-9-4-2-8(14)3-5-9/h2-6,8H,1H3;2-7H,1H3,(H,16,17). The highest BCUT2D eigenvalue weighted by Crippen LogP contribution is 2.32. The lowest BCUT2D eigenvalue weighted by atomic mass is 10.3. The zero-order valence-electron chi connectivity index (χ0n) is 19.5. The minimum absolute atomic E-state index is 0.111. The van der Waals surface area contributed by atoms with Crippen LogP contribution in [0.4, 0.5) is 0 Å². The third kappa shape index (κ3) is 7.73. The van der Waals surface area contributed by atoms with E-state index in [4.69, 9.17) is 52.5 Å². The molecule has 0 spiro atoms. The molecule has 2 heterocycles. The maximum Gasteiger partial charge on any atom is 0.354 e. The number of ether oxygens (including phenoxy) is 4. The van der Waals surface area contributed by atoms with Gasteiger partial charge >= 0.3 is 5.97 Å². The highest BCUT2D eigenvalue weighted by molar-refractivity contribution is 6.30. The molecular formula is C26H19Cl2N3O6. The predicted octanol–water partition coefficient (Wildman–Crippen LogP) is 6.64. The van der Waals surface area contributed by atoms with Crippen LogP contribution in [0.2, 0.25) is 10.0 Å². The molecule has 2 aromatic heterocycles.